The molecule has 1 N–H and O–H groups in total. The van der Waals surface area contributed by atoms with Crippen molar-refractivity contribution in [2.75, 3.05) is 6.61 Å². The van der Waals surface area contributed by atoms with Gasteiger partial charge in [0, 0.05) is 18.6 Å². The highest BCUT2D eigenvalue weighted by Gasteiger charge is 2.31. The summed E-state index contributed by atoms with van der Waals surface area (Å²) in [5.74, 6) is 0.319. The Bertz CT molecular complexity index is 443. The largest absolute Gasteiger partial charge is 0.426 e. The van der Waals surface area contributed by atoms with Crippen LogP contribution in [0.15, 0.2) is 23.0 Å². The van der Waals surface area contributed by atoms with Gasteiger partial charge in [-0.05, 0) is 44.1 Å². The van der Waals surface area contributed by atoms with Crippen LogP contribution < -0.4 is 0 Å². The molecule has 2 aliphatic heterocycles. The highest BCUT2D eigenvalue weighted by Crippen LogP contribution is 2.35. The first-order valence-electron chi connectivity index (χ1n) is 7.67. The molecule has 0 radical (unpaired) electrons. The van der Waals surface area contributed by atoms with Crippen molar-refractivity contribution in [2.45, 2.75) is 63.6 Å². The third-order valence-corrected chi connectivity index (χ3v) is 4.32. The topological polar surface area (TPSA) is 55.8 Å². The van der Waals surface area contributed by atoms with E-state index in [1.54, 1.807) is 0 Å². The zero-order chi connectivity index (χ0) is 13.9. The lowest BCUT2D eigenvalue weighted by molar-refractivity contribution is -0.143. The standard InChI is InChI=1S/C16H22O4/c17-14-10-15(18)20-16-11(9-12-6-4-8-19-12)5-2-1-3-7-13(14)16/h5,12,14,17H,1-4,6-10H2/b11-5-. The Hall–Kier alpha value is -1.13. The van der Waals surface area contributed by atoms with Crippen LogP contribution in [0.25, 0.3) is 0 Å². The van der Waals surface area contributed by atoms with Gasteiger partial charge in [-0.2, -0.15) is 0 Å². The summed E-state index contributed by atoms with van der Waals surface area (Å²) >= 11 is 0. The number of ether oxygens (including phenoxy) is 2. The van der Waals surface area contributed by atoms with Crippen molar-refractivity contribution in [3.8, 4) is 0 Å². The first-order valence-corrected chi connectivity index (χ1v) is 7.67. The van der Waals surface area contributed by atoms with Crippen molar-refractivity contribution in [1.29, 1.82) is 0 Å². The molecule has 1 aliphatic carbocycles. The van der Waals surface area contributed by atoms with Gasteiger partial charge >= 0.3 is 5.97 Å². The van der Waals surface area contributed by atoms with Crippen molar-refractivity contribution in [3.63, 3.8) is 0 Å². The van der Waals surface area contributed by atoms with Crippen LogP contribution in [0.5, 0.6) is 0 Å². The molecule has 0 aromatic carbocycles. The van der Waals surface area contributed by atoms with Crippen LogP contribution in [0.1, 0.15) is 51.4 Å². The number of carbonyl (C=O) groups excluding carboxylic acids is 1. The summed E-state index contributed by atoms with van der Waals surface area (Å²) in [4.78, 5) is 11.6. The van der Waals surface area contributed by atoms with E-state index < -0.39 is 6.10 Å². The monoisotopic (exact) mass is 278 g/mol. The molecular formula is C16H22O4. The normalized spacial score (nSPS) is 33.9. The van der Waals surface area contributed by atoms with E-state index in [9.17, 15) is 9.90 Å². The summed E-state index contributed by atoms with van der Waals surface area (Å²) < 4.78 is 11.2. The lowest BCUT2D eigenvalue weighted by Crippen LogP contribution is -2.27. The van der Waals surface area contributed by atoms with Gasteiger partial charge in [0.2, 0.25) is 0 Å². The molecule has 4 heteroatoms. The Morgan fingerprint density at radius 1 is 1.30 bits per heavy atom. The fraction of sp³-hybridized carbons (Fsp3) is 0.688. The smallest absolute Gasteiger partial charge is 0.314 e. The van der Waals surface area contributed by atoms with Crippen molar-refractivity contribution in [2.24, 2.45) is 0 Å². The molecule has 3 rings (SSSR count). The third-order valence-electron chi connectivity index (χ3n) is 4.32. The molecule has 0 spiro atoms. The fourth-order valence-electron chi connectivity index (χ4n) is 3.26. The van der Waals surface area contributed by atoms with Crippen LogP contribution >= 0.6 is 0 Å². The molecule has 3 aliphatic rings. The molecule has 20 heavy (non-hydrogen) atoms. The summed E-state index contributed by atoms with van der Waals surface area (Å²) in [6.45, 7) is 0.826. The number of aliphatic hydroxyl groups excluding tert-OH is 1. The molecule has 110 valence electrons. The molecule has 0 amide bonds. The summed E-state index contributed by atoms with van der Waals surface area (Å²) in [6.07, 6.45) is 8.77. The lowest BCUT2D eigenvalue weighted by Gasteiger charge is -2.28. The van der Waals surface area contributed by atoms with E-state index in [4.69, 9.17) is 9.47 Å². The van der Waals surface area contributed by atoms with E-state index in [0.29, 0.717) is 5.76 Å². The van der Waals surface area contributed by atoms with Crippen molar-refractivity contribution in [3.05, 3.63) is 23.0 Å². The van der Waals surface area contributed by atoms with Crippen LogP contribution in [0.3, 0.4) is 0 Å². The highest BCUT2D eigenvalue weighted by molar-refractivity contribution is 5.74. The third kappa shape index (κ3) is 2.96. The molecule has 2 unspecified atom stereocenters. The SMILES string of the molecule is O=C1CC(O)C2=C(O1)/C(CC1CCCO1)=C\CCCC2. The minimum Gasteiger partial charge on any atom is -0.426 e. The van der Waals surface area contributed by atoms with E-state index in [-0.39, 0.29) is 18.5 Å². The number of allylic oxidation sites excluding steroid dienone is 2. The van der Waals surface area contributed by atoms with Gasteiger partial charge in [0.1, 0.15) is 5.76 Å². The first kappa shape index (κ1) is 13.8. The Morgan fingerprint density at radius 2 is 2.20 bits per heavy atom. The maximum atomic E-state index is 11.6. The molecular weight excluding hydrogens is 256 g/mol. The van der Waals surface area contributed by atoms with Gasteiger partial charge in [0.15, 0.2) is 0 Å². The number of esters is 1. The van der Waals surface area contributed by atoms with E-state index in [2.05, 4.69) is 6.08 Å². The molecule has 0 aromatic rings. The lowest BCUT2D eigenvalue weighted by atomic mass is 9.89. The Kier molecular flexibility index (Phi) is 4.22. The molecule has 1 fully saturated rings. The second kappa shape index (κ2) is 6.10. The van der Waals surface area contributed by atoms with Crippen molar-refractivity contribution >= 4 is 5.97 Å². The average Bonchev–Trinajstić information content (AvgIpc) is 2.89. The minimum absolute atomic E-state index is 0.0893. The van der Waals surface area contributed by atoms with Crippen LogP contribution in [-0.2, 0) is 14.3 Å². The van der Waals surface area contributed by atoms with Gasteiger partial charge in [0.05, 0.1) is 18.6 Å². The van der Waals surface area contributed by atoms with Crippen LogP contribution in [-0.4, -0.2) is 29.9 Å². The van der Waals surface area contributed by atoms with Gasteiger partial charge in [-0.1, -0.05) is 6.08 Å². The number of rotatable bonds is 2. The van der Waals surface area contributed by atoms with E-state index >= 15 is 0 Å². The zero-order valence-corrected chi connectivity index (χ0v) is 11.8. The number of hydrogen-bond donors (Lipinski definition) is 1. The van der Waals surface area contributed by atoms with E-state index in [1.165, 1.54) is 0 Å². The maximum absolute atomic E-state index is 11.6. The Morgan fingerprint density at radius 3 is 3.00 bits per heavy atom. The molecule has 0 aromatic heterocycles. The van der Waals surface area contributed by atoms with E-state index in [1.807, 2.05) is 0 Å². The van der Waals surface area contributed by atoms with Crippen LogP contribution in [0.2, 0.25) is 0 Å². The molecule has 1 saturated heterocycles. The van der Waals surface area contributed by atoms with Gasteiger partial charge in [0.25, 0.3) is 0 Å². The molecule has 4 nitrogen and oxygen atoms in total. The van der Waals surface area contributed by atoms with Crippen molar-refractivity contribution in [1.82, 2.24) is 0 Å². The van der Waals surface area contributed by atoms with Gasteiger partial charge < -0.3 is 14.6 Å². The second-order valence-corrected chi connectivity index (χ2v) is 5.86. The summed E-state index contributed by atoms with van der Waals surface area (Å²) in [5, 5.41) is 10.2. The molecule has 2 heterocycles. The summed E-state index contributed by atoms with van der Waals surface area (Å²) in [6, 6.07) is 0. The number of aliphatic hydroxyl groups is 1. The van der Waals surface area contributed by atoms with Crippen LogP contribution in [0, 0.1) is 0 Å². The van der Waals surface area contributed by atoms with Gasteiger partial charge in [-0.3, -0.25) is 4.79 Å². The predicted molar refractivity (Wildman–Crippen MR) is 73.9 cm³/mol. The maximum Gasteiger partial charge on any atom is 0.314 e. The molecule has 0 saturated carbocycles. The number of hydrogen-bond acceptors (Lipinski definition) is 4. The zero-order valence-electron chi connectivity index (χ0n) is 11.8. The highest BCUT2D eigenvalue weighted by atomic mass is 16.5. The van der Waals surface area contributed by atoms with Gasteiger partial charge in [-0.25, -0.2) is 0 Å². The summed E-state index contributed by atoms with van der Waals surface area (Å²) in [7, 11) is 0. The Labute approximate surface area is 119 Å². The summed E-state index contributed by atoms with van der Waals surface area (Å²) in [5.41, 5.74) is 1.97. The predicted octanol–water partition coefficient (Wildman–Crippen LogP) is 2.62. The molecule has 0 bridgehead atoms. The Balaban J connectivity index is 1.87. The van der Waals surface area contributed by atoms with Crippen molar-refractivity contribution < 1.29 is 19.4 Å². The second-order valence-electron chi connectivity index (χ2n) is 5.86. The molecule has 2 atom stereocenters. The minimum atomic E-state index is -0.669. The fourth-order valence-corrected chi connectivity index (χ4v) is 3.26. The van der Waals surface area contributed by atoms with Gasteiger partial charge in [-0.15, -0.1) is 0 Å². The first-order chi connectivity index (χ1) is 9.74. The van der Waals surface area contributed by atoms with E-state index in [0.717, 1.165) is 62.7 Å². The number of carbonyl (C=O) groups is 1. The quantitative estimate of drug-likeness (QED) is 0.789. The van der Waals surface area contributed by atoms with Crippen LogP contribution in [0.4, 0.5) is 0 Å². The average molecular weight is 278 g/mol.